The van der Waals surface area contributed by atoms with E-state index in [4.69, 9.17) is 5.73 Å². The lowest BCUT2D eigenvalue weighted by Crippen LogP contribution is -2.43. The molecule has 0 aromatic heterocycles. The number of hydrogen-bond donors (Lipinski definition) is 1. The van der Waals surface area contributed by atoms with E-state index in [1.54, 1.807) is 13.8 Å². The predicted octanol–water partition coefficient (Wildman–Crippen LogP) is 1.21. The van der Waals surface area contributed by atoms with E-state index in [0.29, 0.717) is 6.54 Å². The fraction of sp³-hybridized carbons (Fsp3) is 0.857. The zero-order valence-electron chi connectivity index (χ0n) is 7.73. The van der Waals surface area contributed by atoms with Gasteiger partial charge >= 0.3 is 6.18 Å². The van der Waals surface area contributed by atoms with Crippen molar-refractivity contribution in [2.45, 2.75) is 20.0 Å². The number of aliphatic imine (C=N–C) groups is 1. The number of rotatable bonds is 3. The monoisotopic (exact) mass is 197 g/mol. The standard InChI is InChI=1S/C7H14F3N3/c1-3-12-6(11)13(4-2)5-7(8,9)10/h3-5H2,1-2H3,(H2,11,12). The summed E-state index contributed by atoms with van der Waals surface area (Å²) < 4.78 is 35.8. The predicted molar refractivity (Wildman–Crippen MR) is 45.5 cm³/mol. The van der Waals surface area contributed by atoms with Gasteiger partial charge in [0.25, 0.3) is 0 Å². The summed E-state index contributed by atoms with van der Waals surface area (Å²) >= 11 is 0. The average molecular weight is 197 g/mol. The molecule has 0 saturated carbocycles. The number of halogens is 3. The molecule has 6 heteroatoms. The van der Waals surface area contributed by atoms with Gasteiger partial charge in [-0.25, -0.2) is 0 Å². The van der Waals surface area contributed by atoms with E-state index in [1.165, 1.54) is 0 Å². The van der Waals surface area contributed by atoms with Gasteiger partial charge in [-0.15, -0.1) is 0 Å². The second kappa shape index (κ2) is 4.94. The molecule has 0 radical (unpaired) electrons. The molecule has 0 aliphatic carbocycles. The van der Waals surface area contributed by atoms with Gasteiger partial charge in [-0.3, -0.25) is 4.99 Å². The van der Waals surface area contributed by atoms with Crippen LogP contribution in [-0.4, -0.2) is 36.7 Å². The SMILES string of the molecule is CCN=C(N)N(CC)CC(F)(F)F. The van der Waals surface area contributed by atoms with Crippen molar-refractivity contribution in [3.63, 3.8) is 0 Å². The minimum atomic E-state index is -4.23. The molecule has 0 heterocycles. The number of alkyl halides is 3. The Labute approximate surface area is 75.4 Å². The molecule has 0 bridgehead atoms. The van der Waals surface area contributed by atoms with Gasteiger partial charge in [0.2, 0.25) is 0 Å². The van der Waals surface area contributed by atoms with Gasteiger partial charge in [0, 0.05) is 13.1 Å². The quantitative estimate of drug-likeness (QED) is 0.545. The molecule has 0 fully saturated rings. The Balaban J connectivity index is 4.26. The highest BCUT2D eigenvalue weighted by molar-refractivity contribution is 5.78. The fourth-order valence-electron chi connectivity index (χ4n) is 0.833. The first-order valence-electron chi connectivity index (χ1n) is 4.02. The zero-order chi connectivity index (χ0) is 10.5. The fourth-order valence-corrected chi connectivity index (χ4v) is 0.833. The Bertz CT molecular complexity index is 176. The Hall–Kier alpha value is -0.940. The molecule has 3 nitrogen and oxygen atoms in total. The van der Waals surface area contributed by atoms with Crippen molar-refractivity contribution < 1.29 is 13.2 Å². The average Bonchev–Trinajstić information content (AvgIpc) is 1.99. The summed E-state index contributed by atoms with van der Waals surface area (Å²) in [7, 11) is 0. The normalized spacial score (nSPS) is 13.2. The highest BCUT2D eigenvalue weighted by Gasteiger charge is 2.30. The second-order valence-corrected chi connectivity index (χ2v) is 2.46. The minimum Gasteiger partial charge on any atom is -0.370 e. The van der Waals surface area contributed by atoms with Crippen molar-refractivity contribution in [3.8, 4) is 0 Å². The van der Waals surface area contributed by atoms with E-state index in [1.807, 2.05) is 0 Å². The second-order valence-electron chi connectivity index (χ2n) is 2.46. The van der Waals surface area contributed by atoms with E-state index in [0.717, 1.165) is 4.90 Å². The van der Waals surface area contributed by atoms with Crippen LogP contribution in [0.4, 0.5) is 13.2 Å². The van der Waals surface area contributed by atoms with Crippen LogP contribution < -0.4 is 5.73 Å². The molecule has 13 heavy (non-hydrogen) atoms. The van der Waals surface area contributed by atoms with Gasteiger partial charge in [-0.2, -0.15) is 13.2 Å². The summed E-state index contributed by atoms with van der Waals surface area (Å²) in [5.41, 5.74) is 5.32. The van der Waals surface area contributed by atoms with E-state index in [9.17, 15) is 13.2 Å². The van der Waals surface area contributed by atoms with E-state index < -0.39 is 12.7 Å². The number of nitrogens with zero attached hydrogens (tertiary/aromatic N) is 2. The Morgan fingerprint density at radius 2 is 1.92 bits per heavy atom. The molecular formula is C7H14F3N3. The zero-order valence-corrected chi connectivity index (χ0v) is 7.73. The first-order valence-corrected chi connectivity index (χ1v) is 4.02. The molecule has 0 unspecified atom stereocenters. The van der Waals surface area contributed by atoms with Crippen LogP contribution >= 0.6 is 0 Å². The van der Waals surface area contributed by atoms with Gasteiger partial charge in [0.1, 0.15) is 6.54 Å². The maximum Gasteiger partial charge on any atom is 0.406 e. The first-order chi connectivity index (χ1) is 5.90. The van der Waals surface area contributed by atoms with Crippen molar-refractivity contribution >= 4 is 5.96 Å². The first kappa shape index (κ1) is 12.1. The Morgan fingerprint density at radius 3 is 2.23 bits per heavy atom. The molecule has 0 saturated heterocycles. The third-order valence-corrected chi connectivity index (χ3v) is 1.40. The summed E-state index contributed by atoms with van der Waals surface area (Å²) in [6.07, 6.45) is -4.23. The summed E-state index contributed by atoms with van der Waals surface area (Å²) in [5.74, 6) is -0.0534. The van der Waals surface area contributed by atoms with Crippen LogP contribution in [0.5, 0.6) is 0 Å². The molecule has 0 spiro atoms. The maximum absolute atomic E-state index is 11.9. The van der Waals surface area contributed by atoms with Crippen LogP contribution in [0.25, 0.3) is 0 Å². The van der Waals surface area contributed by atoms with Crippen LogP contribution in [0, 0.1) is 0 Å². The molecule has 2 N–H and O–H groups in total. The molecule has 78 valence electrons. The minimum absolute atomic E-state index is 0.0534. The van der Waals surface area contributed by atoms with Gasteiger partial charge in [0.05, 0.1) is 0 Å². The molecule has 0 atom stereocenters. The third kappa shape index (κ3) is 5.32. The van der Waals surface area contributed by atoms with Crippen molar-refractivity contribution in [1.82, 2.24) is 4.90 Å². The highest BCUT2D eigenvalue weighted by atomic mass is 19.4. The van der Waals surface area contributed by atoms with Crippen LogP contribution in [-0.2, 0) is 0 Å². The maximum atomic E-state index is 11.9. The largest absolute Gasteiger partial charge is 0.406 e. The van der Waals surface area contributed by atoms with Crippen molar-refractivity contribution in [2.75, 3.05) is 19.6 Å². The molecule has 0 rings (SSSR count). The van der Waals surface area contributed by atoms with E-state index in [-0.39, 0.29) is 12.5 Å². The van der Waals surface area contributed by atoms with E-state index >= 15 is 0 Å². The Kier molecular flexibility index (Phi) is 4.58. The van der Waals surface area contributed by atoms with Crippen LogP contribution in [0.2, 0.25) is 0 Å². The number of hydrogen-bond acceptors (Lipinski definition) is 1. The highest BCUT2D eigenvalue weighted by Crippen LogP contribution is 2.15. The van der Waals surface area contributed by atoms with Crippen molar-refractivity contribution in [2.24, 2.45) is 10.7 Å². The molecule has 0 aromatic carbocycles. The molecule has 0 aliphatic rings. The number of guanidine groups is 1. The molecular weight excluding hydrogens is 183 g/mol. The van der Waals surface area contributed by atoms with Gasteiger partial charge < -0.3 is 10.6 Å². The topological polar surface area (TPSA) is 41.6 Å². The van der Waals surface area contributed by atoms with Gasteiger partial charge in [0.15, 0.2) is 5.96 Å². The van der Waals surface area contributed by atoms with Crippen molar-refractivity contribution in [1.29, 1.82) is 0 Å². The van der Waals surface area contributed by atoms with E-state index in [2.05, 4.69) is 4.99 Å². The molecule has 0 aliphatic heterocycles. The summed E-state index contributed by atoms with van der Waals surface area (Å²) in [4.78, 5) is 4.69. The van der Waals surface area contributed by atoms with Crippen LogP contribution in [0.1, 0.15) is 13.8 Å². The summed E-state index contributed by atoms with van der Waals surface area (Å²) in [5, 5.41) is 0. The lowest BCUT2D eigenvalue weighted by Gasteiger charge is -2.22. The number of nitrogens with two attached hydrogens (primary N) is 1. The molecule has 0 aromatic rings. The molecule has 0 amide bonds. The van der Waals surface area contributed by atoms with Crippen LogP contribution in [0.3, 0.4) is 0 Å². The third-order valence-electron chi connectivity index (χ3n) is 1.40. The van der Waals surface area contributed by atoms with Gasteiger partial charge in [-0.05, 0) is 13.8 Å². The Morgan fingerprint density at radius 1 is 1.38 bits per heavy atom. The smallest absolute Gasteiger partial charge is 0.370 e. The lowest BCUT2D eigenvalue weighted by atomic mass is 10.5. The van der Waals surface area contributed by atoms with Crippen molar-refractivity contribution in [3.05, 3.63) is 0 Å². The summed E-state index contributed by atoms with van der Waals surface area (Å²) in [6, 6.07) is 0. The lowest BCUT2D eigenvalue weighted by molar-refractivity contribution is -0.137. The van der Waals surface area contributed by atoms with Crippen LogP contribution in [0.15, 0.2) is 4.99 Å². The van der Waals surface area contributed by atoms with Gasteiger partial charge in [-0.1, -0.05) is 0 Å². The summed E-state index contributed by atoms with van der Waals surface area (Å²) in [6.45, 7) is 2.87.